The normalized spacial score (nSPS) is 18.1. The third kappa shape index (κ3) is 4.85. The molecule has 1 aliphatic heterocycles. The Morgan fingerprint density at radius 1 is 1.32 bits per heavy atom. The number of amides is 2. The van der Waals surface area contributed by atoms with E-state index in [1.165, 1.54) is 11.0 Å². The van der Waals surface area contributed by atoms with Gasteiger partial charge in [0.25, 0.3) is 0 Å². The average Bonchev–Trinajstić information content (AvgIpc) is 2.55. The molecule has 138 valence electrons. The minimum absolute atomic E-state index is 0.109. The largest absolute Gasteiger partial charge is 0.417 e. The summed E-state index contributed by atoms with van der Waals surface area (Å²) in [5.74, 6) is -1.83. The Hall–Kier alpha value is -1.80. The number of benzene rings is 1. The van der Waals surface area contributed by atoms with E-state index in [1.807, 2.05) is 0 Å². The van der Waals surface area contributed by atoms with E-state index < -0.39 is 28.6 Å². The molecular weight excluding hydrogens is 361 g/mol. The number of nitrogens with one attached hydrogen (secondary N) is 1. The molecule has 1 saturated heterocycles. The van der Waals surface area contributed by atoms with Crippen LogP contribution in [0.2, 0.25) is 5.02 Å². The molecule has 5 nitrogen and oxygen atoms in total. The molecule has 0 aromatic heterocycles. The number of likely N-dealkylation sites (tertiary alicyclic amines) is 1. The standard InChI is InChI=1S/C16H18ClF3N2O3/c17-13-5-4-10(9-12(13)16(18,19)20)21-14(24)15(25)22-7-2-1-3-11(22)6-8-23/h4-5,9,11,23H,1-3,6-8H2,(H,21,24). The van der Waals surface area contributed by atoms with Gasteiger partial charge in [-0.1, -0.05) is 11.6 Å². The number of hydrogen-bond acceptors (Lipinski definition) is 3. The number of rotatable bonds is 3. The van der Waals surface area contributed by atoms with Crippen LogP contribution >= 0.6 is 11.6 Å². The van der Waals surface area contributed by atoms with Gasteiger partial charge in [0, 0.05) is 24.9 Å². The second-order valence-corrected chi connectivity index (χ2v) is 6.21. The summed E-state index contributed by atoms with van der Waals surface area (Å²) >= 11 is 5.52. The number of anilines is 1. The summed E-state index contributed by atoms with van der Waals surface area (Å²) in [6.07, 6.45) is -2.00. The van der Waals surface area contributed by atoms with Crippen molar-refractivity contribution in [2.75, 3.05) is 18.5 Å². The van der Waals surface area contributed by atoms with Crippen LogP contribution in [-0.4, -0.2) is 41.0 Å². The van der Waals surface area contributed by atoms with Crippen LogP contribution < -0.4 is 5.32 Å². The molecule has 2 rings (SSSR count). The predicted octanol–water partition coefficient (Wildman–Crippen LogP) is 3.06. The fourth-order valence-electron chi connectivity index (χ4n) is 2.85. The van der Waals surface area contributed by atoms with Crippen molar-refractivity contribution in [1.29, 1.82) is 0 Å². The molecule has 0 spiro atoms. The lowest BCUT2D eigenvalue weighted by Crippen LogP contribution is -2.48. The Morgan fingerprint density at radius 2 is 2.04 bits per heavy atom. The van der Waals surface area contributed by atoms with Crippen LogP contribution in [0.1, 0.15) is 31.2 Å². The van der Waals surface area contributed by atoms with E-state index in [-0.39, 0.29) is 18.3 Å². The van der Waals surface area contributed by atoms with Gasteiger partial charge in [-0.2, -0.15) is 13.2 Å². The minimum atomic E-state index is -4.67. The SMILES string of the molecule is O=C(Nc1ccc(Cl)c(C(F)(F)F)c1)C(=O)N1CCCCC1CCO. The van der Waals surface area contributed by atoms with Crippen LogP contribution in [0.15, 0.2) is 18.2 Å². The molecule has 1 fully saturated rings. The predicted molar refractivity (Wildman–Crippen MR) is 86.1 cm³/mol. The maximum Gasteiger partial charge on any atom is 0.417 e. The van der Waals surface area contributed by atoms with Gasteiger partial charge in [0.1, 0.15) is 0 Å². The van der Waals surface area contributed by atoms with Gasteiger partial charge in [-0.3, -0.25) is 9.59 Å². The monoisotopic (exact) mass is 378 g/mol. The number of nitrogens with zero attached hydrogens (tertiary/aromatic N) is 1. The highest BCUT2D eigenvalue weighted by atomic mass is 35.5. The smallest absolute Gasteiger partial charge is 0.396 e. The van der Waals surface area contributed by atoms with E-state index in [0.29, 0.717) is 25.5 Å². The second kappa shape index (κ2) is 8.05. The fourth-order valence-corrected chi connectivity index (χ4v) is 3.08. The van der Waals surface area contributed by atoms with Crippen molar-refractivity contribution in [2.24, 2.45) is 0 Å². The van der Waals surface area contributed by atoms with Crippen LogP contribution in [0.4, 0.5) is 18.9 Å². The maximum atomic E-state index is 12.9. The van der Waals surface area contributed by atoms with E-state index in [4.69, 9.17) is 16.7 Å². The lowest BCUT2D eigenvalue weighted by atomic mass is 9.99. The third-order valence-corrected chi connectivity index (χ3v) is 4.40. The van der Waals surface area contributed by atoms with Crippen LogP contribution in [0.5, 0.6) is 0 Å². The number of alkyl halides is 3. The third-order valence-electron chi connectivity index (χ3n) is 4.07. The highest BCUT2D eigenvalue weighted by Crippen LogP contribution is 2.36. The molecule has 1 unspecified atom stereocenters. The summed E-state index contributed by atoms with van der Waals surface area (Å²) in [7, 11) is 0. The van der Waals surface area contributed by atoms with Crippen LogP contribution in [-0.2, 0) is 15.8 Å². The van der Waals surface area contributed by atoms with E-state index >= 15 is 0 Å². The van der Waals surface area contributed by atoms with Gasteiger partial charge in [0.15, 0.2) is 0 Å². The molecule has 1 aromatic carbocycles. The van der Waals surface area contributed by atoms with Crippen LogP contribution in [0, 0.1) is 0 Å². The second-order valence-electron chi connectivity index (χ2n) is 5.81. The number of carbonyl (C=O) groups is 2. The zero-order valence-corrected chi connectivity index (χ0v) is 14.0. The number of carbonyl (C=O) groups excluding carboxylic acids is 2. The number of aliphatic hydroxyl groups excluding tert-OH is 1. The highest BCUT2D eigenvalue weighted by Gasteiger charge is 2.34. The van der Waals surface area contributed by atoms with Crippen LogP contribution in [0.3, 0.4) is 0 Å². The van der Waals surface area contributed by atoms with Crippen molar-refractivity contribution in [3.05, 3.63) is 28.8 Å². The van der Waals surface area contributed by atoms with Gasteiger partial charge in [0.2, 0.25) is 0 Å². The van der Waals surface area contributed by atoms with Crippen LogP contribution in [0.25, 0.3) is 0 Å². The molecule has 0 radical (unpaired) electrons. The summed E-state index contributed by atoms with van der Waals surface area (Å²) in [6, 6.07) is 2.66. The summed E-state index contributed by atoms with van der Waals surface area (Å²) in [4.78, 5) is 25.8. The summed E-state index contributed by atoms with van der Waals surface area (Å²) in [6.45, 7) is 0.271. The van der Waals surface area contributed by atoms with Crippen molar-refractivity contribution in [3.63, 3.8) is 0 Å². The molecule has 1 aliphatic rings. The fraction of sp³-hybridized carbons (Fsp3) is 0.500. The Kier molecular flexibility index (Phi) is 6.29. The quantitative estimate of drug-likeness (QED) is 0.794. The summed E-state index contributed by atoms with van der Waals surface area (Å²) in [5.41, 5.74) is -1.25. The van der Waals surface area contributed by atoms with Crippen molar-refractivity contribution in [1.82, 2.24) is 4.90 Å². The maximum absolute atomic E-state index is 12.9. The van der Waals surface area contributed by atoms with E-state index in [1.54, 1.807) is 0 Å². The molecule has 25 heavy (non-hydrogen) atoms. The Labute approximate surface area is 147 Å². The number of aliphatic hydroxyl groups is 1. The van der Waals surface area contributed by atoms with E-state index in [2.05, 4.69) is 5.32 Å². The van der Waals surface area contributed by atoms with Gasteiger partial charge >= 0.3 is 18.0 Å². The van der Waals surface area contributed by atoms with Crippen molar-refractivity contribution < 1.29 is 27.9 Å². The first-order chi connectivity index (χ1) is 11.7. The molecule has 2 amide bonds. The lowest BCUT2D eigenvalue weighted by molar-refractivity contribution is -0.146. The van der Waals surface area contributed by atoms with Gasteiger partial charge < -0.3 is 15.3 Å². The Balaban J connectivity index is 2.12. The minimum Gasteiger partial charge on any atom is -0.396 e. The molecular formula is C16H18ClF3N2O3. The van der Waals surface area contributed by atoms with Gasteiger partial charge in [-0.05, 0) is 43.9 Å². The topological polar surface area (TPSA) is 69.6 Å². The Bertz CT molecular complexity index is 650. The first kappa shape index (κ1) is 19.5. The molecule has 1 atom stereocenters. The molecule has 0 aliphatic carbocycles. The van der Waals surface area contributed by atoms with Crippen molar-refractivity contribution >= 4 is 29.1 Å². The zero-order chi connectivity index (χ0) is 18.6. The van der Waals surface area contributed by atoms with E-state index in [9.17, 15) is 22.8 Å². The molecule has 1 aromatic rings. The summed E-state index contributed by atoms with van der Waals surface area (Å²) in [5, 5.41) is 10.8. The molecule has 2 N–H and O–H groups in total. The summed E-state index contributed by atoms with van der Waals surface area (Å²) < 4.78 is 38.6. The van der Waals surface area contributed by atoms with Crippen molar-refractivity contribution in [2.45, 2.75) is 37.9 Å². The van der Waals surface area contributed by atoms with Gasteiger partial charge in [0.05, 0.1) is 10.6 Å². The molecule has 1 heterocycles. The van der Waals surface area contributed by atoms with Gasteiger partial charge in [-0.15, -0.1) is 0 Å². The first-order valence-electron chi connectivity index (χ1n) is 7.83. The lowest BCUT2D eigenvalue weighted by Gasteiger charge is -2.35. The van der Waals surface area contributed by atoms with Crippen molar-refractivity contribution in [3.8, 4) is 0 Å². The average molecular weight is 379 g/mol. The number of halogens is 4. The molecule has 9 heteroatoms. The molecule has 0 saturated carbocycles. The zero-order valence-electron chi connectivity index (χ0n) is 13.3. The Morgan fingerprint density at radius 3 is 2.68 bits per heavy atom. The highest BCUT2D eigenvalue weighted by molar-refractivity contribution is 6.39. The molecule has 0 bridgehead atoms. The van der Waals surface area contributed by atoms with E-state index in [0.717, 1.165) is 18.9 Å². The first-order valence-corrected chi connectivity index (χ1v) is 8.21. The number of hydrogen-bond donors (Lipinski definition) is 2. The number of piperidine rings is 1. The van der Waals surface area contributed by atoms with Gasteiger partial charge in [-0.25, -0.2) is 0 Å².